The minimum Gasteiger partial charge on any atom is -0.456 e. The molecule has 25 heavy (non-hydrogen) atoms. The number of nitrogens with zero attached hydrogens (tertiary/aromatic N) is 3. The van der Waals surface area contributed by atoms with Crippen molar-refractivity contribution in [3.8, 4) is 5.69 Å². The molecule has 0 unspecified atom stereocenters. The van der Waals surface area contributed by atoms with E-state index in [0.717, 1.165) is 17.1 Å². The average Bonchev–Trinajstić information content (AvgIpc) is 2.94. The lowest BCUT2D eigenvalue weighted by molar-refractivity contribution is 0.0468. The zero-order chi connectivity index (χ0) is 18.0. The zero-order valence-electron chi connectivity index (χ0n) is 13.7. The Bertz CT molecular complexity index is 921. The molecular formula is C18H15Cl2N3O2. The van der Waals surface area contributed by atoms with Crippen LogP contribution in [0.1, 0.15) is 27.4 Å². The molecular weight excluding hydrogens is 361 g/mol. The van der Waals surface area contributed by atoms with Gasteiger partial charge in [-0.2, -0.15) is 5.10 Å². The third-order valence-corrected chi connectivity index (χ3v) is 4.14. The highest BCUT2D eigenvalue weighted by atomic mass is 35.5. The quantitative estimate of drug-likeness (QED) is 0.495. The lowest BCUT2D eigenvalue weighted by Gasteiger charge is -2.08. The largest absolute Gasteiger partial charge is 0.456 e. The van der Waals surface area contributed by atoms with Gasteiger partial charge in [0.1, 0.15) is 11.8 Å². The van der Waals surface area contributed by atoms with Crippen molar-refractivity contribution in [3.63, 3.8) is 0 Å². The predicted octanol–water partition coefficient (Wildman–Crippen LogP) is 4.55. The fraction of sp³-hybridized carbons (Fsp3) is 0.167. The number of halogens is 2. The lowest BCUT2D eigenvalue weighted by Crippen LogP contribution is -2.07. The van der Waals surface area contributed by atoms with Crippen molar-refractivity contribution in [1.82, 2.24) is 14.8 Å². The Morgan fingerprint density at radius 1 is 1.12 bits per heavy atom. The van der Waals surface area contributed by atoms with E-state index in [2.05, 4.69) is 10.1 Å². The van der Waals surface area contributed by atoms with E-state index in [4.69, 9.17) is 27.9 Å². The highest BCUT2D eigenvalue weighted by Gasteiger charge is 2.11. The molecule has 2 heterocycles. The molecule has 0 spiro atoms. The topological polar surface area (TPSA) is 57.0 Å². The predicted molar refractivity (Wildman–Crippen MR) is 96.4 cm³/mol. The number of pyridine rings is 1. The second-order valence-electron chi connectivity index (χ2n) is 5.52. The summed E-state index contributed by atoms with van der Waals surface area (Å²) in [5, 5.41) is 5.11. The smallest absolute Gasteiger partial charge is 0.338 e. The molecule has 0 atom stereocenters. The first kappa shape index (κ1) is 17.5. The highest BCUT2D eigenvalue weighted by molar-refractivity contribution is 6.32. The number of hydrogen-bond donors (Lipinski definition) is 0. The van der Waals surface area contributed by atoms with Crippen LogP contribution in [0.3, 0.4) is 0 Å². The third kappa shape index (κ3) is 4.00. The first-order valence-electron chi connectivity index (χ1n) is 7.56. The van der Waals surface area contributed by atoms with Crippen LogP contribution < -0.4 is 0 Å². The summed E-state index contributed by atoms with van der Waals surface area (Å²) < 4.78 is 7.08. The van der Waals surface area contributed by atoms with Gasteiger partial charge in [-0.3, -0.25) is 0 Å². The minimum atomic E-state index is -0.460. The number of carbonyl (C=O) groups is 1. The number of benzene rings is 1. The molecule has 128 valence electrons. The molecule has 3 aromatic rings. The molecule has 7 heteroatoms. The molecule has 5 nitrogen and oxygen atoms in total. The van der Waals surface area contributed by atoms with E-state index in [1.165, 1.54) is 0 Å². The van der Waals surface area contributed by atoms with Crippen LogP contribution in [0.15, 0.2) is 42.5 Å². The number of ether oxygens (including phenoxy) is 1. The van der Waals surface area contributed by atoms with Gasteiger partial charge in [0.25, 0.3) is 0 Å². The van der Waals surface area contributed by atoms with Gasteiger partial charge in [0, 0.05) is 5.69 Å². The Morgan fingerprint density at radius 2 is 1.84 bits per heavy atom. The molecule has 0 N–H and O–H groups in total. The van der Waals surface area contributed by atoms with E-state index in [0.29, 0.717) is 21.4 Å². The number of esters is 1. The van der Waals surface area contributed by atoms with Crippen molar-refractivity contribution in [3.05, 3.63) is 75.3 Å². The van der Waals surface area contributed by atoms with Crippen molar-refractivity contribution in [2.75, 3.05) is 0 Å². The molecule has 2 aromatic heterocycles. The summed E-state index contributed by atoms with van der Waals surface area (Å²) in [7, 11) is 0. The normalized spacial score (nSPS) is 10.7. The van der Waals surface area contributed by atoms with Crippen LogP contribution in [0.2, 0.25) is 10.2 Å². The Labute approximate surface area is 155 Å². The summed E-state index contributed by atoms with van der Waals surface area (Å²) in [4.78, 5) is 16.2. The van der Waals surface area contributed by atoms with Gasteiger partial charge in [0.2, 0.25) is 0 Å². The Hall–Kier alpha value is -2.37. The summed E-state index contributed by atoms with van der Waals surface area (Å²) in [6, 6.07) is 12.2. The van der Waals surface area contributed by atoms with Gasteiger partial charge >= 0.3 is 5.97 Å². The number of aryl methyl sites for hydroxylation is 2. The first-order chi connectivity index (χ1) is 11.9. The van der Waals surface area contributed by atoms with Crippen molar-refractivity contribution < 1.29 is 9.53 Å². The van der Waals surface area contributed by atoms with Crippen molar-refractivity contribution in [2.45, 2.75) is 20.5 Å². The Balaban J connectivity index is 1.70. The second-order valence-corrected chi connectivity index (χ2v) is 6.32. The third-order valence-electron chi connectivity index (χ3n) is 3.58. The van der Waals surface area contributed by atoms with Gasteiger partial charge in [-0.1, -0.05) is 23.2 Å². The second kappa shape index (κ2) is 7.25. The zero-order valence-corrected chi connectivity index (χ0v) is 15.2. The van der Waals surface area contributed by atoms with Gasteiger partial charge in [-0.05, 0) is 56.3 Å². The number of carbonyl (C=O) groups excluding carboxylic acids is 1. The van der Waals surface area contributed by atoms with E-state index in [1.807, 2.05) is 36.7 Å². The van der Waals surface area contributed by atoms with Crippen molar-refractivity contribution in [1.29, 1.82) is 0 Å². The number of hydrogen-bond acceptors (Lipinski definition) is 4. The van der Waals surface area contributed by atoms with E-state index in [-0.39, 0.29) is 6.61 Å². The fourth-order valence-corrected chi connectivity index (χ4v) is 2.73. The molecule has 0 aliphatic carbocycles. The van der Waals surface area contributed by atoms with Crippen molar-refractivity contribution in [2.24, 2.45) is 0 Å². The molecule has 0 aliphatic heterocycles. The minimum absolute atomic E-state index is 0.0442. The number of rotatable bonds is 4. The summed E-state index contributed by atoms with van der Waals surface area (Å²) in [5.74, 6) is -0.460. The van der Waals surface area contributed by atoms with Gasteiger partial charge in [0.05, 0.1) is 27.7 Å². The monoisotopic (exact) mass is 375 g/mol. The van der Waals surface area contributed by atoms with Crippen LogP contribution in [0.5, 0.6) is 0 Å². The maximum absolute atomic E-state index is 12.2. The molecule has 1 aromatic carbocycles. The van der Waals surface area contributed by atoms with Crippen LogP contribution in [0.25, 0.3) is 5.69 Å². The molecule has 0 saturated heterocycles. The van der Waals surface area contributed by atoms with E-state index >= 15 is 0 Å². The Morgan fingerprint density at radius 3 is 2.48 bits per heavy atom. The molecule has 0 amide bonds. The average molecular weight is 376 g/mol. The maximum Gasteiger partial charge on any atom is 0.338 e. The molecule has 0 fully saturated rings. The van der Waals surface area contributed by atoms with Gasteiger partial charge in [-0.15, -0.1) is 0 Å². The molecule has 0 aliphatic rings. The molecule has 0 radical (unpaired) electrons. The Kier molecular flexibility index (Phi) is 5.06. The van der Waals surface area contributed by atoms with E-state index < -0.39 is 5.97 Å². The highest BCUT2D eigenvalue weighted by Crippen LogP contribution is 2.19. The SMILES string of the molecule is Cc1cc(C)n(-c2ccc(C(=O)OCc3nc(Cl)ccc3Cl)cc2)n1. The van der Waals surface area contributed by atoms with Crippen LogP contribution in [0.4, 0.5) is 0 Å². The van der Waals surface area contributed by atoms with Crippen LogP contribution in [-0.4, -0.2) is 20.7 Å². The standard InChI is InChI=1S/C18H15Cl2N3O2/c1-11-9-12(2)23(22-11)14-5-3-13(4-6-14)18(24)25-10-16-15(19)7-8-17(20)21-16/h3-9H,10H2,1-2H3. The molecule has 0 saturated carbocycles. The summed E-state index contributed by atoms with van der Waals surface area (Å²) in [5.41, 5.74) is 3.69. The van der Waals surface area contributed by atoms with E-state index in [9.17, 15) is 4.79 Å². The van der Waals surface area contributed by atoms with Gasteiger partial charge in [-0.25, -0.2) is 14.5 Å². The van der Waals surface area contributed by atoms with Crippen LogP contribution in [0, 0.1) is 13.8 Å². The maximum atomic E-state index is 12.2. The summed E-state index contributed by atoms with van der Waals surface area (Å²) in [6.07, 6.45) is 0. The van der Waals surface area contributed by atoms with Gasteiger partial charge < -0.3 is 4.74 Å². The first-order valence-corrected chi connectivity index (χ1v) is 8.31. The summed E-state index contributed by atoms with van der Waals surface area (Å²) in [6.45, 7) is 3.87. The summed E-state index contributed by atoms with van der Waals surface area (Å²) >= 11 is 11.8. The van der Waals surface area contributed by atoms with Gasteiger partial charge in [0.15, 0.2) is 0 Å². The van der Waals surface area contributed by atoms with Crippen LogP contribution in [-0.2, 0) is 11.3 Å². The van der Waals surface area contributed by atoms with Crippen molar-refractivity contribution >= 4 is 29.2 Å². The van der Waals surface area contributed by atoms with Crippen LogP contribution >= 0.6 is 23.2 Å². The lowest BCUT2D eigenvalue weighted by atomic mass is 10.2. The fourth-order valence-electron chi connectivity index (χ4n) is 2.41. The molecule has 3 rings (SSSR count). The molecule has 0 bridgehead atoms. The number of aromatic nitrogens is 3. The van der Waals surface area contributed by atoms with E-state index in [1.54, 1.807) is 24.3 Å².